The van der Waals surface area contributed by atoms with Crippen molar-refractivity contribution in [2.75, 3.05) is 25.2 Å². The van der Waals surface area contributed by atoms with Crippen molar-refractivity contribution < 1.29 is 19.4 Å². The predicted molar refractivity (Wildman–Crippen MR) is 102 cm³/mol. The number of ether oxygens (including phenoxy) is 1. The zero-order chi connectivity index (χ0) is 19.0. The van der Waals surface area contributed by atoms with Gasteiger partial charge in [0, 0.05) is 17.8 Å². The number of carbonyl (C=O) groups is 2. The number of thiophene rings is 1. The van der Waals surface area contributed by atoms with Crippen LogP contribution in [0.5, 0.6) is 5.75 Å². The van der Waals surface area contributed by atoms with Crippen LogP contribution in [0.25, 0.3) is 0 Å². The van der Waals surface area contributed by atoms with E-state index in [2.05, 4.69) is 5.32 Å². The van der Waals surface area contributed by atoms with E-state index in [1.165, 1.54) is 4.88 Å². The van der Waals surface area contributed by atoms with Crippen molar-refractivity contribution in [3.8, 4) is 5.75 Å². The summed E-state index contributed by atoms with van der Waals surface area (Å²) in [6.07, 6.45) is 0.489. The number of amides is 1. The molecule has 0 bridgehead atoms. The van der Waals surface area contributed by atoms with E-state index in [9.17, 15) is 14.7 Å². The molecule has 0 radical (unpaired) electrons. The van der Waals surface area contributed by atoms with Crippen LogP contribution >= 0.6 is 11.3 Å². The molecule has 1 aromatic carbocycles. The van der Waals surface area contributed by atoms with Gasteiger partial charge in [0.1, 0.15) is 18.3 Å². The van der Waals surface area contributed by atoms with Crippen LogP contribution in [0.3, 0.4) is 0 Å². The van der Waals surface area contributed by atoms with E-state index in [0.29, 0.717) is 30.0 Å². The van der Waals surface area contributed by atoms with Gasteiger partial charge in [-0.15, -0.1) is 11.3 Å². The first-order valence-corrected chi connectivity index (χ1v) is 9.65. The summed E-state index contributed by atoms with van der Waals surface area (Å²) in [6.45, 7) is 0.909. The fraction of sp³-hybridized carbons (Fsp3) is 0.368. The average Bonchev–Trinajstić information content (AvgIpc) is 3.14. The number of aliphatic hydroxyl groups excluding tert-OH is 1. The number of fused-ring (bicyclic) bond motifs is 3. The van der Waals surface area contributed by atoms with Gasteiger partial charge in [0.05, 0.1) is 37.6 Å². The van der Waals surface area contributed by atoms with E-state index < -0.39 is 6.23 Å². The van der Waals surface area contributed by atoms with Crippen molar-refractivity contribution in [2.45, 2.75) is 25.2 Å². The van der Waals surface area contributed by atoms with Crippen LogP contribution < -0.4 is 15.0 Å². The molecule has 3 heterocycles. The van der Waals surface area contributed by atoms with Gasteiger partial charge in [0.25, 0.3) is 5.91 Å². The number of aldehydes is 1. The van der Waals surface area contributed by atoms with Crippen molar-refractivity contribution in [3.05, 3.63) is 45.6 Å². The Bertz CT molecular complexity index is 868. The maximum Gasteiger partial charge on any atom is 0.256 e. The molecule has 0 spiro atoms. The van der Waals surface area contributed by atoms with Crippen molar-refractivity contribution >= 4 is 29.2 Å². The lowest BCUT2D eigenvalue weighted by molar-refractivity contribution is -0.107. The summed E-state index contributed by atoms with van der Waals surface area (Å²) in [5.41, 5.74) is 2.25. The highest BCUT2D eigenvalue weighted by atomic mass is 32.1. The molecule has 2 atom stereocenters. The zero-order valence-electron chi connectivity index (χ0n) is 14.9. The van der Waals surface area contributed by atoms with E-state index in [4.69, 9.17) is 4.74 Å². The fourth-order valence-electron chi connectivity index (χ4n) is 3.77. The molecule has 2 aromatic rings. The largest absolute Gasteiger partial charge is 0.497 e. The third-order valence-electron chi connectivity index (χ3n) is 5.15. The minimum Gasteiger partial charge on any atom is -0.497 e. The molecule has 1 aromatic heterocycles. The third-order valence-corrected chi connectivity index (χ3v) is 6.14. The molecule has 142 valence electrons. The number of anilines is 1. The highest BCUT2D eigenvalue weighted by Crippen LogP contribution is 2.37. The standard InChI is InChI=1S/C19H21N3O4S/c1-26-13-2-3-15-14(8-13)18(24)21-10-12-4-7-27-17(12)9-16(21)19(25)22(15)11-20-5-6-23/h2-4,6-8,16,19-20,25H,5,9-11H2,1H3/t16-,19?/m0/s1. The second kappa shape index (κ2) is 7.30. The van der Waals surface area contributed by atoms with Gasteiger partial charge in [0.2, 0.25) is 0 Å². The summed E-state index contributed by atoms with van der Waals surface area (Å²) in [5, 5.41) is 16.2. The minimum absolute atomic E-state index is 0.123. The SMILES string of the molecule is COc1ccc2c(c1)C(=O)N1Cc3ccsc3C[C@H]1C(O)N2CNCC=O. The summed E-state index contributed by atoms with van der Waals surface area (Å²) in [6, 6.07) is 6.94. The van der Waals surface area contributed by atoms with Gasteiger partial charge in [-0.1, -0.05) is 0 Å². The number of carbonyl (C=O) groups excluding carboxylic acids is 2. The number of hydrogen-bond acceptors (Lipinski definition) is 7. The number of rotatable bonds is 5. The molecule has 0 aliphatic carbocycles. The molecule has 0 saturated heterocycles. The molecule has 1 amide bonds. The topological polar surface area (TPSA) is 82.1 Å². The lowest BCUT2D eigenvalue weighted by atomic mass is 10.00. The van der Waals surface area contributed by atoms with Crippen molar-refractivity contribution in [1.29, 1.82) is 0 Å². The quantitative estimate of drug-likeness (QED) is 0.593. The first-order valence-electron chi connectivity index (χ1n) is 8.77. The van der Waals surface area contributed by atoms with Gasteiger partial charge < -0.3 is 24.4 Å². The van der Waals surface area contributed by atoms with Crippen LogP contribution in [0, 0.1) is 0 Å². The minimum atomic E-state index is -0.891. The van der Waals surface area contributed by atoms with E-state index in [0.717, 1.165) is 11.8 Å². The van der Waals surface area contributed by atoms with E-state index in [1.54, 1.807) is 46.4 Å². The van der Waals surface area contributed by atoms with E-state index >= 15 is 0 Å². The molecule has 7 nitrogen and oxygen atoms in total. The van der Waals surface area contributed by atoms with E-state index in [1.807, 2.05) is 11.4 Å². The smallest absolute Gasteiger partial charge is 0.256 e. The Morgan fingerprint density at radius 3 is 3.04 bits per heavy atom. The summed E-state index contributed by atoms with van der Waals surface area (Å²) < 4.78 is 5.30. The predicted octanol–water partition coefficient (Wildman–Crippen LogP) is 1.21. The molecule has 4 rings (SSSR count). The Labute approximate surface area is 161 Å². The number of nitrogens with zero attached hydrogens (tertiary/aromatic N) is 2. The van der Waals surface area contributed by atoms with Gasteiger partial charge >= 0.3 is 0 Å². The molecule has 1 unspecified atom stereocenters. The Morgan fingerprint density at radius 1 is 1.41 bits per heavy atom. The first-order chi connectivity index (χ1) is 13.1. The molecule has 2 aliphatic heterocycles. The Kier molecular flexibility index (Phi) is 4.86. The van der Waals surface area contributed by atoms with Crippen LogP contribution in [0.1, 0.15) is 20.8 Å². The number of aliphatic hydroxyl groups is 1. The van der Waals surface area contributed by atoms with Gasteiger partial charge in [-0.05, 0) is 35.2 Å². The summed E-state index contributed by atoms with van der Waals surface area (Å²) >= 11 is 1.65. The molecular formula is C19H21N3O4S. The highest BCUT2D eigenvalue weighted by Gasteiger charge is 2.42. The second-order valence-corrected chi connectivity index (χ2v) is 7.62. The molecule has 27 heavy (non-hydrogen) atoms. The number of nitrogens with one attached hydrogen (secondary N) is 1. The van der Waals surface area contributed by atoms with Gasteiger partial charge in [-0.3, -0.25) is 10.1 Å². The normalized spacial score (nSPS) is 21.2. The molecule has 0 saturated carbocycles. The molecule has 2 N–H and O–H groups in total. The van der Waals surface area contributed by atoms with Crippen LogP contribution in [0.4, 0.5) is 5.69 Å². The summed E-state index contributed by atoms with van der Waals surface area (Å²) in [7, 11) is 1.56. The van der Waals surface area contributed by atoms with Crippen molar-refractivity contribution in [1.82, 2.24) is 10.2 Å². The Hall–Kier alpha value is -2.42. The fourth-order valence-corrected chi connectivity index (χ4v) is 4.72. The number of benzene rings is 1. The lowest BCUT2D eigenvalue weighted by Crippen LogP contribution is -2.55. The Morgan fingerprint density at radius 2 is 2.26 bits per heavy atom. The number of methoxy groups -OCH3 is 1. The molecule has 2 aliphatic rings. The zero-order valence-corrected chi connectivity index (χ0v) is 15.7. The third kappa shape index (κ3) is 3.09. The van der Waals surface area contributed by atoms with Crippen molar-refractivity contribution in [2.24, 2.45) is 0 Å². The van der Waals surface area contributed by atoms with Crippen LogP contribution in [-0.2, 0) is 17.8 Å². The van der Waals surface area contributed by atoms with Crippen molar-refractivity contribution in [3.63, 3.8) is 0 Å². The monoisotopic (exact) mass is 387 g/mol. The average molecular weight is 387 g/mol. The number of hydrogen-bond donors (Lipinski definition) is 2. The second-order valence-electron chi connectivity index (χ2n) is 6.62. The maximum atomic E-state index is 13.4. The van der Waals surface area contributed by atoms with Crippen LogP contribution in [0.15, 0.2) is 29.6 Å². The Balaban J connectivity index is 1.78. The van der Waals surface area contributed by atoms with Crippen LogP contribution in [0.2, 0.25) is 0 Å². The molecule has 0 fully saturated rings. The molecular weight excluding hydrogens is 366 g/mol. The summed E-state index contributed by atoms with van der Waals surface area (Å²) in [4.78, 5) is 28.7. The van der Waals surface area contributed by atoms with E-state index in [-0.39, 0.29) is 25.2 Å². The van der Waals surface area contributed by atoms with Crippen LogP contribution in [-0.4, -0.2) is 54.8 Å². The highest BCUT2D eigenvalue weighted by molar-refractivity contribution is 7.10. The first kappa shape index (κ1) is 18.0. The van der Waals surface area contributed by atoms with Gasteiger partial charge in [-0.2, -0.15) is 0 Å². The molecule has 8 heteroatoms. The maximum absolute atomic E-state index is 13.4. The summed E-state index contributed by atoms with van der Waals surface area (Å²) in [5.74, 6) is 0.465. The van der Waals surface area contributed by atoms with Gasteiger partial charge in [-0.25, -0.2) is 0 Å². The van der Waals surface area contributed by atoms with Gasteiger partial charge in [0.15, 0.2) is 0 Å². The lowest BCUT2D eigenvalue weighted by Gasteiger charge is -2.39.